The van der Waals surface area contributed by atoms with Crippen molar-refractivity contribution in [2.75, 3.05) is 13.1 Å². The van der Waals surface area contributed by atoms with Gasteiger partial charge in [0.15, 0.2) is 0 Å². The summed E-state index contributed by atoms with van der Waals surface area (Å²) in [6, 6.07) is 5.78. The number of aryl methyl sites for hydroxylation is 3. The normalized spacial score (nSPS) is 19.4. The average molecular weight is 390 g/mol. The van der Waals surface area contributed by atoms with E-state index in [1.54, 1.807) is 0 Å². The Hall–Kier alpha value is -2.76. The second-order valence-electron chi connectivity index (χ2n) is 8.45. The molecule has 4 heterocycles. The lowest BCUT2D eigenvalue weighted by molar-refractivity contribution is 0.0703. The first-order chi connectivity index (χ1) is 14.1. The molecule has 1 amide bonds. The Morgan fingerprint density at radius 3 is 2.90 bits per heavy atom. The number of rotatable bonds is 2. The predicted molar refractivity (Wildman–Crippen MR) is 112 cm³/mol. The predicted octanol–water partition coefficient (Wildman–Crippen LogP) is 3.80. The molecule has 1 saturated heterocycles. The van der Waals surface area contributed by atoms with Crippen LogP contribution in [0.15, 0.2) is 24.4 Å². The van der Waals surface area contributed by atoms with Gasteiger partial charge in [-0.2, -0.15) is 10.2 Å². The van der Waals surface area contributed by atoms with Gasteiger partial charge in [-0.3, -0.25) is 4.79 Å². The Bertz CT molecular complexity index is 1090. The number of hydrogen-bond acceptors (Lipinski definition) is 4. The quantitative estimate of drug-likeness (QED) is 0.669. The van der Waals surface area contributed by atoms with Crippen LogP contribution in [0.4, 0.5) is 0 Å². The molecule has 2 aliphatic heterocycles. The lowest BCUT2D eigenvalue weighted by Gasteiger charge is -2.33. The molecule has 6 heteroatoms. The van der Waals surface area contributed by atoms with Crippen molar-refractivity contribution in [3.63, 3.8) is 0 Å². The highest BCUT2D eigenvalue weighted by Crippen LogP contribution is 2.30. The number of aromatic nitrogens is 4. The summed E-state index contributed by atoms with van der Waals surface area (Å²) in [6.45, 7) is 6.63. The third-order valence-electron chi connectivity index (χ3n) is 6.61. The van der Waals surface area contributed by atoms with Crippen molar-refractivity contribution < 1.29 is 4.79 Å². The van der Waals surface area contributed by atoms with Crippen molar-refractivity contribution >= 4 is 16.8 Å². The Morgan fingerprint density at radius 1 is 1.10 bits per heavy atom. The third-order valence-corrected chi connectivity index (χ3v) is 6.61. The van der Waals surface area contributed by atoms with Crippen molar-refractivity contribution in [1.29, 1.82) is 0 Å². The van der Waals surface area contributed by atoms with Gasteiger partial charge >= 0.3 is 0 Å². The summed E-state index contributed by atoms with van der Waals surface area (Å²) < 4.78 is 2.41. The molecule has 2 aromatic heterocycles. The first kappa shape index (κ1) is 18.3. The molecule has 0 spiro atoms. The Kier molecular flexibility index (Phi) is 4.57. The summed E-state index contributed by atoms with van der Waals surface area (Å²) in [5.74, 6) is 1.61. The van der Waals surface area contributed by atoms with E-state index in [1.807, 2.05) is 43.1 Å². The number of piperidine rings is 1. The maximum absolute atomic E-state index is 13.3. The first-order valence-electron chi connectivity index (χ1n) is 10.7. The fourth-order valence-electron chi connectivity index (χ4n) is 4.80. The highest BCUT2D eigenvalue weighted by molar-refractivity contribution is 5.98. The van der Waals surface area contributed by atoms with Gasteiger partial charge in [-0.05, 0) is 69.7 Å². The van der Waals surface area contributed by atoms with Crippen molar-refractivity contribution in [3.05, 3.63) is 52.7 Å². The van der Waals surface area contributed by atoms with Crippen LogP contribution in [0.5, 0.6) is 0 Å². The number of carbonyl (C=O) groups excluding carboxylic acids is 1. The highest BCUT2D eigenvalue weighted by atomic mass is 16.2. The van der Waals surface area contributed by atoms with Gasteiger partial charge in [0, 0.05) is 48.4 Å². The maximum Gasteiger partial charge on any atom is 0.253 e. The van der Waals surface area contributed by atoms with Crippen LogP contribution in [0, 0.1) is 13.8 Å². The van der Waals surface area contributed by atoms with Crippen LogP contribution in [-0.4, -0.2) is 43.6 Å². The van der Waals surface area contributed by atoms with Gasteiger partial charge in [-0.15, -0.1) is 0 Å². The molecular formula is C23H27N5O. The van der Waals surface area contributed by atoms with Gasteiger partial charge in [0.1, 0.15) is 5.82 Å². The Balaban J connectivity index is 1.41. The minimum absolute atomic E-state index is 0.107. The lowest BCUT2D eigenvalue weighted by atomic mass is 9.95. The SMILES string of the molecule is Cc1nnc2ccc(C(=O)N3CCCC(c4ncc5n4CCCC5)C3)cc2c1C. The number of likely N-dealkylation sites (tertiary alicyclic amines) is 1. The molecule has 1 atom stereocenters. The molecule has 0 saturated carbocycles. The molecule has 29 heavy (non-hydrogen) atoms. The van der Waals surface area contributed by atoms with Crippen LogP contribution in [0.3, 0.4) is 0 Å². The van der Waals surface area contributed by atoms with E-state index in [4.69, 9.17) is 4.98 Å². The van der Waals surface area contributed by atoms with Crippen LogP contribution >= 0.6 is 0 Å². The highest BCUT2D eigenvalue weighted by Gasteiger charge is 2.29. The zero-order valence-corrected chi connectivity index (χ0v) is 17.2. The summed E-state index contributed by atoms with van der Waals surface area (Å²) in [4.78, 5) is 20.1. The molecule has 3 aromatic rings. The van der Waals surface area contributed by atoms with Crippen LogP contribution in [0.1, 0.15) is 64.7 Å². The van der Waals surface area contributed by atoms with E-state index in [9.17, 15) is 4.79 Å². The summed E-state index contributed by atoms with van der Waals surface area (Å²) >= 11 is 0. The number of benzene rings is 1. The average Bonchev–Trinajstić information content (AvgIpc) is 3.20. The van der Waals surface area contributed by atoms with E-state index >= 15 is 0 Å². The van der Waals surface area contributed by atoms with E-state index in [2.05, 4.69) is 14.8 Å². The van der Waals surface area contributed by atoms with E-state index in [1.165, 1.54) is 24.4 Å². The first-order valence-corrected chi connectivity index (χ1v) is 10.7. The molecule has 0 aliphatic carbocycles. The molecule has 1 unspecified atom stereocenters. The zero-order chi connectivity index (χ0) is 20.0. The van der Waals surface area contributed by atoms with Crippen LogP contribution in [0.25, 0.3) is 10.9 Å². The minimum Gasteiger partial charge on any atom is -0.338 e. The number of amides is 1. The molecule has 150 valence electrons. The fourth-order valence-corrected chi connectivity index (χ4v) is 4.80. The van der Waals surface area contributed by atoms with Gasteiger partial charge < -0.3 is 9.47 Å². The van der Waals surface area contributed by atoms with Crippen molar-refractivity contribution in [2.24, 2.45) is 0 Å². The fraction of sp³-hybridized carbons (Fsp3) is 0.478. The van der Waals surface area contributed by atoms with Crippen LogP contribution in [-0.2, 0) is 13.0 Å². The molecule has 5 rings (SSSR count). The van der Waals surface area contributed by atoms with Crippen LogP contribution in [0.2, 0.25) is 0 Å². The minimum atomic E-state index is 0.107. The van der Waals surface area contributed by atoms with Crippen molar-refractivity contribution in [3.8, 4) is 0 Å². The van der Waals surface area contributed by atoms with E-state index in [-0.39, 0.29) is 5.91 Å². The van der Waals surface area contributed by atoms with Gasteiger partial charge in [-0.1, -0.05) is 0 Å². The molecule has 0 bridgehead atoms. The summed E-state index contributed by atoms with van der Waals surface area (Å²) in [6.07, 6.45) is 7.78. The monoisotopic (exact) mass is 389 g/mol. The molecule has 1 fully saturated rings. The largest absolute Gasteiger partial charge is 0.338 e. The molecular weight excluding hydrogens is 362 g/mol. The second kappa shape index (κ2) is 7.25. The van der Waals surface area contributed by atoms with E-state index in [0.29, 0.717) is 5.92 Å². The number of imidazole rings is 1. The number of hydrogen-bond donors (Lipinski definition) is 0. The maximum atomic E-state index is 13.3. The van der Waals surface area contributed by atoms with Gasteiger partial charge in [0.25, 0.3) is 5.91 Å². The molecule has 0 radical (unpaired) electrons. The van der Waals surface area contributed by atoms with Gasteiger partial charge in [-0.25, -0.2) is 4.98 Å². The van der Waals surface area contributed by atoms with E-state index in [0.717, 1.165) is 66.6 Å². The number of nitrogens with zero attached hydrogens (tertiary/aromatic N) is 5. The zero-order valence-electron chi connectivity index (χ0n) is 17.2. The summed E-state index contributed by atoms with van der Waals surface area (Å²) in [7, 11) is 0. The number of carbonyl (C=O) groups is 1. The Morgan fingerprint density at radius 2 is 2.00 bits per heavy atom. The van der Waals surface area contributed by atoms with Gasteiger partial charge in [0.2, 0.25) is 0 Å². The lowest BCUT2D eigenvalue weighted by Crippen LogP contribution is -2.40. The second-order valence-corrected chi connectivity index (χ2v) is 8.45. The standard InChI is InChI=1S/C23H27N5O/c1-15-16(2)25-26-21-9-8-17(12-20(15)21)23(29)27-10-5-6-18(14-27)22-24-13-19-7-3-4-11-28(19)22/h8-9,12-13,18H,3-7,10-11,14H2,1-2H3. The molecule has 2 aliphatic rings. The molecule has 0 N–H and O–H groups in total. The van der Waals surface area contributed by atoms with Crippen molar-refractivity contribution in [2.45, 2.75) is 58.4 Å². The topological polar surface area (TPSA) is 63.9 Å². The van der Waals surface area contributed by atoms with Crippen molar-refractivity contribution in [1.82, 2.24) is 24.6 Å². The summed E-state index contributed by atoms with van der Waals surface area (Å²) in [5, 5.41) is 9.46. The Labute approximate surface area is 171 Å². The molecule has 6 nitrogen and oxygen atoms in total. The molecule has 1 aromatic carbocycles. The van der Waals surface area contributed by atoms with E-state index < -0.39 is 0 Å². The third kappa shape index (κ3) is 3.20. The van der Waals surface area contributed by atoms with Gasteiger partial charge in [0.05, 0.1) is 11.2 Å². The smallest absolute Gasteiger partial charge is 0.253 e. The van der Waals surface area contributed by atoms with Crippen LogP contribution < -0.4 is 0 Å². The number of fused-ring (bicyclic) bond motifs is 2. The summed E-state index contributed by atoms with van der Waals surface area (Å²) in [5.41, 5.74) is 4.93.